The summed E-state index contributed by atoms with van der Waals surface area (Å²) in [6, 6.07) is 6.72. The monoisotopic (exact) mass is 530 g/mol. The van der Waals surface area contributed by atoms with E-state index in [2.05, 4.69) is 4.99 Å². The van der Waals surface area contributed by atoms with Crippen molar-refractivity contribution < 1.29 is 26.4 Å². The van der Waals surface area contributed by atoms with Crippen molar-refractivity contribution >= 4 is 58.8 Å². The first-order chi connectivity index (χ1) is 15.6. The molecule has 1 saturated heterocycles. The fourth-order valence-corrected chi connectivity index (χ4v) is 8.17. The number of hydrogen-bond acceptors (Lipinski definition) is 8. The number of primary sulfonamides is 1. The Bertz CT molecular complexity index is 1460. The first-order valence-electron chi connectivity index (χ1n) is 9.92. The zero-order chi connectivity index (χ0) is 23.8. The van der Waals surface area contributed by atoms with Crippen molar-refractivity contribution in [2.75, 3.05) is 20.3 Å². The van der Waals surface area contributed by atoms with Crippen molar-refractivity contribution in [2.24, 2.45) is 10.1 Å². The van der Waals surface area contributed by atoms with Crippen molar-refractivity contribution in [3.63, 3.8) is 0 Å². The highest BCUT2D eigenvalue weighted by atomic mass is 32.2. The number of rotatable bonds is 7. The number of hydrogen-bond donors (Lipinski definition) is 1. The second kappa shape index (κ2) is 9.37. The van der Waals surface area contributed by atoms with Crippen LogP contribution in [-0.2, 0) is 36.1 Å². The number of ether oxygens (including phenoxy) is 1. The van der Waals surface area contributed by atoms with Crippen LogP contribution in [0.4, 0.5) is 0 Å². The Morgan fingerprint density at radius 1 is 1.27 bits per heavy atom. The van der Waals surface area contributed by atoms with Crippen LogP contribution in [0.1, 0.15) is 12.8 Å². The van der Waals surface area contributed by atoms with Crippen LogP contribution in [0.25, 0.3) is 10.2 Å². The van der Waals surface area contributed by atoms with E-state index in [0.717, 1.165) is 22.7 Å². The molecule has 0 aliphatic carbocycles. The highest BCUT2D eigenvalue weighted by Gasteiger charge is 2.40. The predicted octanol–water partition coefficient (Wildman–Crippen LogP) is 1.34. The van der Waals surface area contributed by atoms with E-state index >= 15 is 0 Å². The van der Waals surface area contributed by atoms with Crippen LogP contribution in [0.2, 0.25) is 0 Å². The average Bonchev–Trinajstić information content (AvgIpc) is 3.51. The number of sulfonamides is 2. The molecule has 178 valence electrons. The van der Waals surface area contributed by atoms with E-state index in [1.807, 2.05) is 0 Å². The number of benzene rings is 1. The van der Waals surface area contributed by atoms with Crippen LogP contribution < -0.4 is 9.94 Å². The summed E-state index contributed by atoms with van der Waals surface area (Å²) in [5.41, 5.74) is 0.672. The maximum absolute atomic E-state index is 13.1. The van der Waals surface area contributed by atoms with Gasteiger partial charge in [0.25, 0.3) is 15.9 Å². The van der Waals surface area contributed by atoms with Crippen LogP contribution in [0.3, 0.4) is 0 Å². The first kappa shape index (κ1) is 24.2. The molecule has 1 unspecified atom stereocenters. The molecule has 0 radical (unpaired) electrons. The number of carbonyl (C=O) groups is 1. The molecule has 0 spiro atoms. The van der Waals surface area contributed by atoms with Crippen LogP contribution in [-0.4, -0.2) is 57.9 Å². The fourth-order valence-electron chi connectivity index (χ4n) is 3.68. The highest BCUT2D eigenvalue weighted by Crippen LogP contribution is 2.29. The minimum absolute atomic E-state index is 0.0444. The van der Waals surface area contributed by atoms with Crippen molar-refractivity contribution in [3.8, 4) is 0 Å². The van der Waals surface area contributed by atoms with Gasteiger partial charge < -0.3 is 9.30 Å². The SMILES string of the molecule is COCCn1c(=NC(=O)C2CCCN2S(=O)(=O)c2cccs2)sc2cc(S(N)(=O)=O)ccc21. The van der Waals surface area contributed by atoms with Gasteiger partial charge in [-0.1, -0.05) is 17.4 Å². The topological polar surface area (TPSA) is 141 Å². The molecular formula is C19H22N4O6S4. The van der Waals surface area contributed by atoms with Gasteiger partial charge in [0.05, 0.1) is 21.7 Å². The lowest BCUT2D eigenvalue weighted by molar-refractivity contribution is -0.121. The molecule has 2 aromatic heterocycles. The molecule has 3 aromatic rings. The van der Waals surface area contributed by atoms with E-state index < -0.39 is 32.0 Å². The van der Waals surface area contributed by atoms with Crippen molar-refractivity contribution in [1.29, 1.82) is 0 Å². The molecule has 1 fully saturated rings. The molecule has 3 heterocycles. The van der Waals surface area contributed by atoms with Crippen LogP contribution in [0, 0.1) is 0 Å². The van der Waals surface area contributed by atoms with Gasteiger partial charge in [0.15, 0.2) is 4.80 Å². The van der Waals surface area contributed by atoms with E-state index in [4.69, 9.17) is 9.88 Å². The fraction of sp³-hybridized carbons (Fsp3) is 0.368. The maximum Gasteiger partial charge on any atom is 0.266 e. The van der Waals surface area contributed by atoms with Crippen molar-refractivity contribution in [3.05, 3.63) is 40.5 Å². The molecule has 1 aliphatic rings. The summed E-state index contributed by atoms with van der Waals surface area (Å²) in [6.45, 7) is 0.964. The Hall–Kier alpha value is -1.94. The number of methoxy groups -OCH3 is 1. The van der Waals surface area contributed by atoms with E-state index in [1.54, 1.807) is 29.2 Å². The zero-order valence-electron chi connectivity index (χ0n) is 17.6. The number of thiophene rings is 1. The third kappa shape index (κ3) is 4.82. The van der Waals surface area contributed by atoms with Gasteiger partial charge in [-0.3, -0.25) is 4.79 Å². The maximum atomic E-state index is 13.1. The Kier molecular flexibility index (Phi) is 6.87. The van der Waals surface area contributed by atoms with Gasteiger partial charge in [0.2, 0.25) is 10.0 Å². The van der Waals surface area contributed by atoms with Gasteiger partial charge in [-0.25, -0.2) is 22.0 Å². The quantitative estimate of drug-likeness (QED) is 0.489. The second-order valence-corrected chi connectivity index (χ2v) is 13.0. The molecule has 14 heteroatoms. The first-order valence-corrected chi connectivity index (χ1v) is 14.6. The molecule has 10 nitrogen and oxygen atoms in total. The van der Waals surface area contributed by atoms with Gasteiger partial charge in [0, 0.05) is 20.2 Å². The molecule has 1 atom stereocenters. The smallest absolute Gasteiger partial charge is 0.266 e. The normalized spacial score (nSPS) is 18.4. The van der Waals surface area contributed by atoms with Gasteiger partial charge in [-0.15, -0.1) is 11.3 Å². The summed E-state index contributed by atoms with van der Waals surface area (Å²) in [7, 11) is -6.14. The minimum Gasteiger partial charge on any atom is -0.383 e. The summed E-state index contributed by atoms with van der Waals surface area (Å²) >= 11 is 2.24. The van der Waals surface area contributed by atoms with Crippen molar-refractivity contribution in [2.45, 2.75) is 34.5 Å². The lowest BCUT2D eigenvalue weighted by atomic mass is 10.2. The van der Waals surface area contributed by atoms with Gasteiger partial charge in [-0.2, -0.15) is 9.30 Å². The average molecular weight is 531 g/mol. The van der Waals surface area contributed by atoms with E-state index in [-0.39, 0.29) is 15.6 Å². The van der Waals surface area contributed by atoms with Crippen LogP contribution >= 0.6 is 22.7 Å². The minimum atomic E-state index is -3.89. The Labute approximate surface area is 199 Å². The third-order valence-electron chi connectivity index (χ3n) is 5.25. The Morgan fingerprint density at radius 3 is 2.73 bits per heavy atom. The van der Waals surface area contributed by atoms with E-state index in [1.165, 1.54) is 22.5 Å². The van der Waals surface area contributed by atoms with Crippen LogP contribution in [0.5, 0.6) is 0 Å². The standard InChI is InChI=1S/C19H22N4O6S4/c1-29-10-9-22-14-7-6-13(32(20,25)26)12-16(14)31-19(22)21-18(24)15-4-2-8-23(15)33(27,28)17-5-3-11-30-17/h3,5-7,11-12,15H,2,4,8-10H2,1H3,(H2,20,25,26). The van der Waals surface area contributed by atoms with Gasteiger partial charge in [0.1, 0.15) is 10.3 Å². The molecular weight excluding hydrogens is 508 g/mol. The molecule has 2 N–H and O–H groups in total. The number of aromatic nitrogens is 1. The van der Waals surface area contributed by atoms with Gasteiger partial charge >= 0.3 is 0 Å². The number of nitrogens with two attached hydrogens (primary N) is 1. The lowest BCUT2D eigenvalue weighted by Gasteiger charge is -2.20. The number of thiazole rings is 1. The number of carbonyl (C=O) groups excluding carboxylic acids is 1. The zero-order valence-corrected chi connectivity index (χ0v) is 20.8. The predicted molar refractivity (Wildman–Crippen MR) is 125 cm³/mol. The summed E-state index contributed by atoms with van der Waals surface area (Å²) in [5, 5.41) is 6.92. The second-order valence-electron chi connectivity index (χ2n) is 7.36. The Morgan fingerprint density at radius 2 is 2.06 bits per heavy atom. The summed E-state index contributed by atoms with van der Waals surface area (Å²) in [6.07, 6.45) is 0.940. The van der Waals surface area contributed by atoms with E-state index in [0.29, 0.717) is 41.0 Å². The highest BCUT2D eigenvalue weighted by molar-refractivity contribution is 7.91. The van der Waals surface area contributed by atoms with Crippen molar-refractivity contribution in [1.82, 2.24) is 8.87 Å². The number of amides is 1. The third-order valence-corrected chi connectivity index (χ3v) is 10.5. The molecule has 0 saturated carbocycles. The Balaban J connectivity index is 1.76. The summed E-state index contributed by atoms with van der Waals surface area (Å²) < 4.78 is 58.4. The number of fused-ring (bicyclic) bond motifs is 1. The molecule has 33 heavy (non-hydrogen) atoms. The molecule has 1 aromatic carbocycles. The molecule has 1 amide bonds. The lowest BCUT2D eigenvalue weighted by Crippen LogP contribution is -2.40. The molecule has 4 rings (SSSR count). The number of nitrogens with zero attached hydrogens (tertiary/aromatic N) is 3. The molecule has 0 bridgehead atoms. The van der Waals surface area contributed by atoms with E-state index in [9.17, 15) is 21.6 Å². The summed E-state index contributed by atoms with van der Waals surface area (Å²) in [5.74, 6) is -0.558. The summed E-state index contributed by atoms with van der Waals surface area (Å²) in [4.78, 5) is 17.7. The van der Waals surface area contributed by atoms with Crippen LogP contribution in [0.15, 0.2) is 49.8 Å². The largest absolute Gasteiger partial charge is 0.383 e. The van der Waals surface area contributed by atoms with Gasteiger partial charge in [-0.05, 0) is 42.5 Å². The molecule has 1 aliphatic heterocycles.